The topological polar surface area (TPSA) is 153 Å². The SMILES string of the molecule is C.C.Cc1cccnc1[C@@H]1CCC[C@H](c2nc3c(N4CCNC5(CC5)C4)cccc3[nH]2)N1C.Cc1cccnc1[C@@H]1CCC[C@H](c2nc3cccc(N4CCN(C(=O)OC(C)(C)C)C5(CC5)C4)c3n2COCC[Si](C)(C)C)N1C.O=CC(F)(F)F. The summed E-state index contributed by atoms with van der Waals surface area (Å²) >= 11 is 0. The molecule has 85 heavy (non-hydrogen) atoms. The van der Waals surface area contributed by atoms with Crippen molar-refractivity contribution in [3.63, 3.8) is 0 Å². The van der Waals surface area contributed by atoms with Gasteiger partial charge < -0.3 is 34.1 Å². The minimum absolute atomic E-state index is 0. The fraction of sp³-hybridized carbons (Fsp3) is 0.600. The number of aryl methyl sites for hydroxylation is 2. The number of carbonyl (C=O) groups excluding carboxylic acids is 2. The van der Waals surface area contributed by atoms with E-state index in [1.54, 1.807) is 0 Å². The van der Waals surface area contributed by atoms with Crippen molar-refractivity contribution in [1.82, 2.24) is 49.5 Å². The van der Waals surface area contributed by atoms with Gasteiger partial charge in [0, 0.05) is 71.9 Å². The Bertz CT molecular complexity index is 3240. The molecule has 6 aliphatic rings. The van der Waals surface area contributed by atoms with Gasteiger partial charge in [0.05, 0.1) is 69.0 Å². The number of imidazole rings is 2. The Labute approximate surface area is 503 Å². The lowest BCUT2D eigenvalue weighted by atomic mass is 9.92. The first-order valence-corrected chi connectivity index (χ1v) is 33.8. The molecule has 12 rings (SSSR count). The molecule has 4 aliphatic heterocycles. The molecule has 6 fully saturated rings. The highest BCUT2D eigenvalue weighted by Gasteiger charge is 2.55. The molecule has 4 atom stereocenters. The standard InChI is InChI=1S/C36H54N6O3Si.C25H32N6.C2HF3O.2CH4/c1-26-12-11-19-37-31(26)28-14-10-16-30(39(28)5)33-38-27-13-9-15-29(32(27)41(33)25-44-22-23-46(6,7)8)40-20-21-42(36(24-40)17-18-36)34(43)45-35(2,3)4;1-17-6-5-13-26-22(17)19-8-4-10-21(30(19)2)24-28-18-7-3-9-20(23(18)29-24)31-15-14-27-25(16-31)11-12-25;3-2(4,5)1-6;;/h9,11-13,15,19,28,30H,10,14,16-18,20-25H2,1-8H3;3,5-7,9,13,19,21,27H,4,8,10-12,14-16H2,1-2H3,(H,28,29);1H;2*1H4/t28-,30+;19-,21+;;;/m00.../s1. The number of halogens is 3. The fourth-order valence-corrected chi connectivity index (χ4v) is 13.8. The van der Waals surface area contributed by atoms with E-state index in [1.807, 2.05) is 50.2 Å². The molecule has 2 aliphatic carbocycles. The number of aldehydes is 1. The van der Waals surface area contributed by atoms with E-state index in [0.717, 1.165) is 124 Å². The Morgan fingerprint density at radius 1 is 0.753 bits per heavy atom. The highest BCUT2D eigenvalue weighted by Crippen LogP contribution is 2.48. The number of hydrogen-bond donors (Lipinski definition) is 2. The maximum absolute atomic E-state index is 13.2. The number of nitrogens with one attached hydrogen (secondary N) is 2. The van der Waals surface area contributed by atoms with E-state index < -0.39 is 26.1 Å². The normalized spacial score (nSPS) is 22.2. The molecule has 16 nitrogen and oxygen atoms in total. The number of nitrogens with zero attached hydrogens (tertiary/aromatic N) is 10. The van der Waals surface area contributed by atoms with Crippen molar-refractivity contribution in [2.45, 2.75) is 193 Å². The number of ether oxygens (including phenoxy) is 2. The highest BCUT2D eigenvalue weighted by molar-refractivity contribution is 6.76. The molecule has 464 valence electrons. The molecule has 2 N–H and O–H groups in total. The van der Waals surface area contributed by atoms with Crippen molar-refractivity contribution in [2.24, 2.45) is 0 Å². The van der Waals surface area contributed by atoms with Crippen LogP contribution in [0.2, 0.25) is 25.7 Å². The zero-order valence-electron chi connectivity index (χ0n) is 50.5. The molecule has 8 heterocycles. The monoisotopic (exact) mass is 1190 g/mol. The van der Waals surface area contributed by atoms with Gasteiger partial charge in [-0.1, -0.05) is 58.8 Å². The maximum atomic E-state index is 13.2. The largest absolute Gasteiger partial charge is 0.446 e. The van der Waals surface area contributed by atoms with Gasteiger partial charge in [0.2, 0.25) is 6.29 Å². The number of piperazine rings is 2. The second-order valence-electron chi connectivity index (χ2n) is 26.4. The van der Waals surface area contributed by atoms with Gasteiger partial charge in [0.1, 0.15) is 29.5 Å². The van der Waals surface area contributed by atoms with E-state index >= 15 is 0 Å². The molecule has 6 aromatic rings. The molecule has 0 radical (unpaired) electrons. The lowest BCUT2D eigenvalue weighted by Crippen LogP contribution is -2.58. The summed E-state index contributed by atoms with van der Waals surface area (Å²) in [6.45, 7) is 24.0. The zero-order valence-corrected chi connectivity index (χ0v) is 51.5. The average Bonchev–Trinajstić information content (AvgIpc) is 1.80. The summed E-state index contributed by atoms with van der Waals surface area (Å²) in [6.07, 6.45) is 9.29. The average molecular weight is 1190 g/mol. The van der Waals surface area contributed by atoms with Gasteiger partial charge in [-0.3, -0.25) is 29.5 Å². The summed E-state index contributed by atoms with van der Waals surface area (Å²) in [5, 5.41) is 3.72. The first kappa shape index (κ1) is 65.1. The number of hydrogen-bond acceptors (Lipinski definition) is 13. The molecule has 4 aromatic heterocycles. The van der Waals surface area contributed by atoms with Crippen molar-refractivity contribution < 1.29 is 32.2 Å². The minimum Gasteiger partial charge on any atom is -0.444 e. The van der Waals surface area contributed by atoms with E-state index in [1.165, 1.54) is 53.2 Å². The third-order valence-corrected chi connectivity index (χ3v) is 19.6. The van der Waals surface area contributed by atoms with Crippen LogP contribution in [0.15, 0.2) is 73.1 Å². The summed E-state index contributed by atoms with van der Waals surface area (Å²) < 4.78 is 45.9. The number of fused-ring (bicyclic) bond motifs is 2. The van der Waals surface area contributed by atoms with Crippen molar-refractivity contribution in [1.29, 1.82) is 0 Å². The number of para-hydroxylation sites is 2. The number of carbonyl (C=O) groups is 2. The number of aromatic nitrogens is 6. The predicted molar refractivity (Wildman–Crippen MR) is 337 cm³/mol. The molecule has 20 heteroatoms. The summed E-state index contributed by atoms with van der Waals surface area (Å²) in [7, 11) is 3.25. The number of likely N-dealkylation sites (tertiary alicyclic amines) is 2. The Morgan fingerprint density at radius 3 is 1.93 bits per heavy atom. The summed E-state index contributed by atoms with van der Waals surface area (Å²) in [5.41, 5.74) is 11.5. The van der Waals surface area contributed by atoms with Crippen LogP contribution in [-0.4, -0.2) is 147 Å². The van der Waals surface area contributed by atoms with Gasteiger partial charge in [-0.25, -0.2) is 14.8 Å². The molecule has 0 unspecified atom stereocenters. The smallest absolute Gasteiger partial charge is 0.444 e. The van der Waals surface area contributed by atoms with Gasteiger partial charge in [-0.05, 0) is 166 Å². The van der Waals surface area contributed by atoms with E-state index in [4.69, 9.17) is 34.2 Å². The lowest BCUT2D eigenvalue weighted by molar-refractivity contribution is -0.156. The van der Waals surface area contributed by atoms with Crippen molar-refractivity contribution >= 4 is 53.9 Å². The van der Waals surface area contributed by atoms with E-state index in [0.29, 0.717) is 30.9 Å². The molecule has 2 spiro atoms. The van der Waals surface area contributed by atoms with Gasteiger partial charge in [-0.15, -0.1) is 0 Å². The second-order valence-corrected chi connectivity index (χ2v) is 32.0. The molecule has 4 saturated heterocycles. The lowest BCUT2D eigenvalue weighted by Gasteiger charge is -2.43. The quantitative estimate of drug-likeness (QED) is 0.0719. The van der Waals surface area contributed by atoms with Crippen molar-refractivity contribution in [2.75, 3.05) is 69.8 Å². The number of pyridine rings is 2. The van der Waals surface area contributed by atoms with Gasteiger partial charge >= 0.3 is 12.3 Å². The van der Waals surface area contributed by atoms with Crippen LogP contribution < -0.4 is 15.1 Å². The van der Waals surface area contributed by atoms with Crippen LogP contribution >= 0.6 is 0 Å². The van der Waals surface area contributed by atoms with Crippen LogP contribution in [0.5, 0.6) is 0 Å². The molecule has 0 bridgehead atoms. The van der Waals surface area contributed by atoms with E-state index in [2.05, 4.69) is 131 Å². The third kappa shape index (κ3) is 14.9. The second kappa shape index (κ2) is 26.2. The maximum Gasteiger partial charge on any atom is 0.446 e. The number of anilines is 2. The number of H-pyrrole nitrogens is 1. The fourth-order valence-electron chi connectivity index (χ4n) is 13.1. The first-order chi connectivity index (χ1) is 39.5. The van der Waals surface area contributed by atoms with Crippen LogP contribution in [0.4, 0.5) is 29.3 Å². The van der Waals surface area contributed by atoms with E-state index in [9.17, 15) is 18.0 Å². The van der Waals surface area contributed by atoms with Gasteiger partial charge in [0.15, 0.2) is 0 Å². The Morgan fingerprint density at radius 2 is 1.34 bits per heavy atom. The van der Waals surface area contributed by atoms with Crippen LogP contribution in [0.25, 0.3) is 22.1 Å². The number of aromatic amines is 1. The van der Waals surface area contributed by atoms with Crippen molar-refractivity contribution in [3.8, 4) is 0 Å². The predicted octanol–water partition coefficient (Wildman–Crippen LogP) is 13.7. The van der Waals surface area contributed by atoms with Crippen LogP contribution in [0, 0.1) is 13.8 Å². The molecule has 2 aromatic carbocycles. The summed E-state index contributed by atoms with van der Waals surface area (Å²) in [4.78, 5) is 57.7. The number of alkyl halides is 3. The number of amides is 1. The minimum atomic E-state index is -4.64. The van der Waals surface area contributed by atoms with Gasteiger partial charge in [0.25, 0.3) is 0 Å². The number of benzene rings is 2. The van der Waals surface area contributed by atoms with Gasteiger partial charge in [-0.2, -0.15) is 13.2 Å². The molecular weight excluding hydrogens is 1100 g/mol. The Balaban J connectivity index is 0.000000208. The Hall–Kier alpha value is -5.93. The van der Waals surface area contributed by atoms with Crippen molar-refractivity contribution in [3.05, 3.63) is 107 Å². The molecular formula is C65H95F3N12O4Si. The molecule has 2 saturated carbocycles. The van der Waals surface area contributed by atoms with Crippen LogP contribution in [0.3, 0.4) is 0 Å². The number of piperidine rings is 2. The molecule has 1 amide bonds. The zero-order chi connectivity index (χ0) is 59.1. The summed E-state index contributed by atoms with van der Waals surface area (Å²) in [6, 6.07) is 23.7. The number of rotatable bonds is 11. The highest BCUT2D eigenvalue weighted by atomic mass is 28.3. The van der Waals surface area contributed by atoms with E-state index in [-0.39, 0.29) is 38.6 Å². The Kier molecular flexibility index (Phi) is 20.0. The third-order valence-electron chi connectivity index (χ3n) is 17.9. The summed E-state index contributed by atoms with van der Waals surface area (Å²) in [5.74, 6) is 2.17. The first-order valence-electron chi connectivity index (χ1n) is 30.1. The van der Waals surface area contributed by atoms with Crippen LogP contribution in [-0.2, 0) is 21.0 Å². The van der Waals surface area contributed by atoms with Crippen LogP contribution in [0.1, 0.15) is 158 Å².